The molecule has 1 amide bonds. The van der Waals surface area contributed by atoms with Gasteiger partial charge in [0.1, 0.15) is 12.4 Å². The smallest absolute Gasteiger partial charge is 0.223 e. The maximum Gasteiger partial charge on any atom is 0.223 e. The molecule has 3 heterocycles. The molecule has 0 spiro atoms. The zero-order valence-corrected chi connectivity index (χ0v) is 18.2. The molecule has 1 fully saturated rings. The quantitative estimate of drug-likeness (QED) is 0.547. The van der Waals surface area contributed by atoms with Gasteiger partial charge in [0.05, 0.1) is 12.1 Å². The van der Waals surface area contributed by atoms with Crippen molar-refractivity contribution in [3.05, 3.63) is 95.1 Å². The van der Waals surface area contributed by atoms with Crippen molar-refractivity contribution in [2.75, 3.05) is 18.0 Å². The van der Waals surface area contributed by atoms with E-state index in [2.05, 4.69) is 58.3 Å². The fourth-order valence-electron chi connectivity index (χ4n) is 5.72. The van der Waals surface area contributed by atoms with Crippen LogP contribution in [0.25, 0.3) is 0 Å². The van der Waals surface area contributed by atoms with Gasteiger partial charge < -0.3 is 14.5 Å². The fraction of sp³-hybridized carbons (Fsp3) is 0.321. The summed E-state index contributed by atoms with van der Waals surface area (Å²) < 4.78 is 6.14. The Morgan fingerprint density at radius 3 is 2.56 bits per heavy atom. The minimum atomic E-state index is 0.160. The number of benzene rings is 3. The summed E-state index contributed by atoms with van der Waals surface area (Å²) in [5.74, 6) is 1.20. The number of carbonyl (C=O) groups is 1. The summed E-state index contributed by atoms with van der Waals surface area (Å²) in [6, 6.07) is 25.9. The monoisotopic (exact) mass is 424 g/mol. The van der Waals surface area contributed by atoms with Gasteiger partial charge in [0.25, 0.3) is 0 Å². The number of carbonyl (C=O) groups excluding carboxylic acids is 1. The fourth-order valence-corrected chi connectivity index (χ4v) is 5.72. The van der Waals surface area contributed by atoms with Crippen molar-refractivity contribution in [2.24, 2.45) is 0 Å². The zero-order valence-electron chi connectivity index (χ0n) is 18.2. The highest BCUT2D eigenvalue weighted by molar-refractivity contribution is 5.80. The summed E-state index contributed by atoms with van der Waals surface area (Å²) in [6.45, 7) is 2.48. The predicted molar refractivity (Wildman–Crippen MR) is 126 cm³/mol. The van der Waals surface area contributed by atoms with Crippen LogP contribution in [0.15, 0.2) is 72.8 Å². The molecule has 4 nitrogen and oxygen atoms in total. The van der Waals surface area contributed by atoms with Crippen molar-refractivity contribution in [3.8, 4) is 5.75 Å². The van der Waals surface area contributed by atoms with Gasteiger partial charge in [-0.3, -0.25) is 4.79 Å². The van der Waals surface area contributed by atoms with E-state index in [1.807, 2.05) is 24.3 Å². The Bertz CT molecular complexity index is 1140. The Balaban J connectivity index is 1.32. The molecule has 3 aromatic carbocycles. The summed E-state index contributed by atoms with van der Waals surface area (Å²) in [4.78, 5) is 17.4. The van der Waals surface area contributed by atoms with Gasteiger partial charge in [0, 0.05) is 25.2 Å². The molecule has 3 aromatic rings. The second-order valence-electron chi connectivity index (χ2n) is 9.10. The van der Waals surface area contributed by atoms with Gasteiger partial charge in [0.2, 0.25) is 5.91 Å². The zero-order chi connectivity index (χ0) is 21.5. The SMILES string of the molecule is O=C1CCCN1C1CC(c2cccc(OCc3ccccc3)c2)N2CCc3cccc1c32. The van der Waals surface area contributed by atoms with Gasteiger partial charge in [0.15, 0.2) is 0 Å². The van der Waals surface area contributed by atoms with Crippen LogP contribution in [0.2, 0.25) is 0 Å². The standard InChI is InChI=1S/C28H28N2O2/c31-27-13-6-15-29(27)26-18-25(30-16-14-21-9-5-12-24(26)28(21)30)22-10-4-11-23(17-22)32-19-20-7-2-1-3-8-20/h1-5,7-12,17,25-26H,6,13-16,18-19H2. The average molecular weight is 425 g/mol. The van der Waals surface area contributed by atoms with E-state index >= 15 is 0 Å². The van der Waals surface area contributed by atoms with Crippen molar-refractivity contribution in [1.29, 1.82) is 0 Å². The van der Waals surface area contributed by atoms with E-state index in [1.54, 1.807) is 0 Å². The second-order valence-corrected chi connectivity index (χ2v) is 9.10. The van der Waals surface area contributed by atoms with E-state index in [0.717, 1.165) is 38.1 Å². The van der Waals surface area contributed by atoms with Crippen LogP contribution in [0.4, 0.5) is 5.69 Å². The third kappa shape index (κ3) is 3.35. The first kappa shape index (κ1) is 19.4. The number of hydrogen-bond acceptors (Lipinski definition) is 3. The molecule has 0 N–H and O–H groups in total. The van der Waals surface area contributed by atoms with Crippen molar-refractivity contribution in [2.45, 2.75) is 44.4 Å². The minimum absolute atomic E-state index is 0.160. The third-order valence-electron chi connectivity index (χ3n) is 7.22. The molecule has 0 aromatic heterocycles. The van der Waals surface area contributed by atoms with Crippen molar-refractivity contribution in [3.63, 3.8) is 0 Å². The topological polar surface area (TPSA) is 32.8 Å². The normalized spacial score (nSPS) is 21.7. The van der Waals surface area contributed by atoms with E-state index in [1.165, 1.54) is 27.9 Å². The molecule has 0 bridgehead atoms. The number of ether oxygens (including phenoxy) is 1. The number of hydrogen-bond donors (Lipinski definition) is 0. The van der Waals surface area contributed by atoms with Gasteiger partial charge in [-0.05, 0) is 53.6 Å². The van der Waals surface area contributed by atoms with Crippen LogP contribution in [0, 0.1) is 0 Å². The number of amides is 1. The molecule has 0 radical (unpaired) electrons. The Morgan fingerprint density at radius 1 is 0.844 bits per heavy atom. The summed E-state index contributed by atoms with van der Waals surface area (Å²) in [7, 11) is 0. The lowest BCUT2D eigenvalue weighted by Crippen LogP contribution is -2.39. The van der Waals surface area contributed by atoms with Gasteiger partial charge in [-0.2, -0.15) is 0 Å². The molecule has 162 valence electrons. The van der Waals surface area contributed by atoms with Gasteiger partial charge in [-0.25, -0.2) is 0 Å². The lowest BCUT2D eigenvalue weighted by atomic mass is 9.86. The molecule has 4 heteroatoms. The number of likely N-dealkylation sites (tertiary alicyclic amines) is 1. The molecule has 32 heavy (non-hydrogen) atoms. The molecule has 2 atom stereocenters. The van der Waals surface area contributed by atoms with Crippen LogP contribution in [0.5, 0.6) is 5.75 Å². The Hall–Kier alpha value is -3.27. The number of anilines is 1. The first-order valence-electron chi connectivity index (χ1n) is 11.7. The maximum atomic E-state index is 12.7. The van der Waals surface area contributed by atoms with Crippen LogP contribution >= 0.6 is 0 Å². The largest absolute Gasteiger partial charge is 0.489 e. The van der Waals surface area contributed by atoms with Crippen LogP contribution in [-0.2, 0) is 17.8 Å². The molecule has 3 aliphatic rings. The third-order valence-corrected chi connectivity index (χ3v) is 7.22. The van der Waals surface area contributed by atoms with Gasteiger partial charge >= 0.3 is 0 Å². The lowest BCUT2D eigenvalue weighted by Gasteiger charge is -2.43. The summed E-state index contributed by atoms with van der Waals surface area (Å²) >= 11 is 0. The number of rotatable bonds is 5. The molecule has 3 aliphatic heterocycles. The molecular formula is C28H28N2O2. The first-order valence-corrected chi connectivity index (χ1v) is 11.7. The lowest BCUT2D eigenvalue weighted by molar-refractivity contribution is -0.130. The van der Waals surface area contributed by atoms with Crippen LogP contribution < -0.4 is 9.64 Å². The van der Waals surface area contributed by atoms with Crippen molar-refractivity contribution in [1.82, 2.24) is 4.90 Å². The summed E-state index contributed by atoms with van der Waals surface area (Å²) in [5.41, 5.74) is 6.56. The highest BCUT2D eigenvalue weighted by Crippen LogP contribution is 2.51. The van der Waals surface area contributed by atoms with Gasteiger partial charge in [-0.1, -0.05) is 60.7 Å². The highest BCUT2D eigenvalue weighted by atomic mass is 16.5. The van der Waals surface area contributed by atoms with Gasteiger partial charge in [-0.15, -0.1) is 0 Å². The molecule has 6 rings (SSSR count). The summed E-state index contributed by atoms with van der Waals surface area (Å²) in [5, 5.41) is 0. The Labute approximate surface area is 189 Å². The molecule has 0 aliphatic carbocycles. The van der Waals surface area contributed by atoms with E-state index in [9.17, 15) is 4.79 Å². The van der Waals surface area contributed by atoms with E-state index in [4.69, 9.17) is 4.74 Å². The maximum absolute atomic E-state index is 12.7. The molecule has 0 saturated carbocycles. The van der Waals surface area contributed by atoms with Crippen LogP contribution in [0.1, 0.15) is 53.6 Å². The van der Waals surface area contributed by atoms with Crippen LogP contribution in [0.3, 0.4) is 0 Å². The highest BCUT2D eigenvalue weighted by Gasteiger charge is 2.41. The van der Waals surface area contributed by atoms with Crippen LogP contribution in [-0.4, -0.2) is 23.9 Å². The first-order chi connectivity index (χ1) is 15.8. The second kappa shape index (κ2) is 8.01. The molecule has 2 unspecified atom stereocenters. The average Bonchev–Trinajstić information content (AvgIpc) is 3.47. The van der Waals surface area contributed by atoms with E-state index in [0.29, 0.717) is 18.9 Å². The van der Waals surface area contributed by atoms with E-state index in [-0.39, 0.29) is 12.1 Å². The summed E-state index contributed by atoms with van der Waals surface area (Å²) in [6.07, 6.45) is 3.67. The van der Waals surface area contributed by atoms with Crippen molar-refractivity contribution < 1.29 is 9.53 Å². The predicted octanol–water partition coefficient (Wildman–Crippen LogP) is 5.44. The molecular weight excluding hydrogens is 396 g/mol. The number of para-hydroxylation sites is 1. The number of nitrogens with zero attached hydrogens (tertiary/aromatic N) is 2. The Kier molecular flexibility index (Phi) is 4.86. The Morgan fingerprint density at radius 2 is 1.72 bits per heavy atom. The van der Waals surface area contributed by atoms with Crippen molar-refractivity contribution >= 4 is 11.6 Å². The minimum Gasteiger partial charge on any atom is -0.489 e. The van der Waals surface area contributed by atoms with E-state index < -0.39 is 0 Å². The molecule has 1 saturated heterocycles.